The number of amides is 1. The molecule has 0 bridgehead atoms. The number of carbonyl (C=O) groups is 2. The van der Waals surface area contributed by atoms with E-state index in [-0.39, 0.29) is 29.7 Å². The van der Waals surface area contributed by atoms with Crippen LogP contribution in [0.3, 0.4) is 0 Å². The number of pyridine rings is 1. The third-order valence-electron chi connectivity index (χ3n) is 5.69. The number of carboxylic acids is 1. The number of nitrogens with zero attached hydrogens (tertiary/aromatic N) is 1. The molecule has 0 aliphatic heterocycles. The van der Waals surface area contributed by atoms with Gasteiger partial charge in [0.1, 0.15) is 5.82 Å². The van der Waals surface area contributed by atoms with Crippen molar-refractivity contribution < 1.29 is 32.3 Å². The van der Waals surface area contributed by atoms with Crippen molar-refractivity contribution >= 4 is 17.6 Å². The number of aryl methyl sites for hydroxylation is 1. The van der Waals surface area contributed by atoms with E-state index in [4.69, 9.17) is 0 Å². The van der Waals surface area contributed by atoms with Gasteiger partial charge in [-0.3, -0.25) is 9.78 Å². The smallest absolute Gasteiger partial charge is 0.416 e. The maximum absolute atomic E-state index is 14.5. The predicted molar refractivity (Wildman–Crippen MR) is 112 cm³/mol. The largest absolute Gasteiger partial charge is 0.478 e. The fourth-order valence-electron chi connectivity index (χ4n) is 3.72. The van der Waals surface area contributed by atoms with Crippen LogP contribution in [0.1, 0.15) is 39.9 Å². The first-order chi connectivity index (χ1) is 15.5. The van der Waals surface area contributed by atoms with Gasteiger partial charge in [-0.2, -0.15) is 13.2 Å². The number of anilines is 1. The number of aromatic carboxylic acids is 1. The fourth-order valence-corrected chi connectivity index (χ4v) is 3.72. The van der Waals surface area contributed by atoms with Gasteiger partial charge in [-0.25, -0.2) is 9.18 Å². The van der Waals surface area contributed by atoms with Gasteiger partial charge in [-0.05, 0) is 61.7 Å². The van der Waals surface area contributed by atoms with Gasteiger partial charge in [-0.1, -0.05) is 12.1 Å². The highest BCUT2D eigenvalue weighted by Gasteiger charge is 2.53. The second-order valence-electron chi connectivity index (χ2n) is 8.01. The summed E-state index contributed by atoms with van der Waals surface area (Å²) in [5, 5.41) is 12.2. The lowest BCUT2D eigenvalue weighted by atomic mass is 9.93. The number of aromatic nitrogens is 1. The van der Waals surface area contributed by atoms with Gasteiger partial charge in [-0.15, -0.1) is 0 Å². The van der Waals surface area contributed by atoms with Crippen molar-refractivity contribution in [3.63, 3.8) is 0 Å². The number of rotatable bonds is 5. The van der Waals surface area contributed by atoms with Gasteiger partial charge in [0.25, 0.3) is 0 Å². The van der Waals surface area contributed by atoms with Crippen LogP contribution in [-0.2, 0) is 16.4 Å². The van der Waals surface area contributed by atoms with Crippen LogP contribution in [0.2, 0.25) is 0 Å². The van der Waals surface area contributed by atoms with Crippen LogP contribution in [0.4, 0.5) is 23.2 Å². The van der Waals surface area contributed by atoms with E-state index in [0.717, 1.165) is 17.7 Å². The lowest BCUT2D eigenvalue weighted by Gasteiger charge is -2.18. The summed E-state index contributed by atoms with van der Waals surface area (Å²) in [6.45, 7) is 1.85. The van der Waals surface area contributed by atoms with Gasteiger partial charge in [0, 0.05) is 23.0 Å². The summed E-state index contributed by atoms with van der Waals surface area (Å²) >= 11 is 0. The maximum Gasteiger partial charge on any atom is 0.416 e. The summed E-state index contributed by atoms with van der Waals surface area (Å²) in [5.41, 5.74) is -0.754. The fraction of sp³-hybridized carbons (Fsp3) is 0.208. The molecule has 0 unspecified atom stereocenters. The standard InChI is InChI=1S/C24H18F4N2O3/c1-13-2-7-20(29-12-13)16-5-4-15(11-17(16)21(31)32)30-22(33)23(8-9-23)18-6-3-14(10-19(18)25)24(26,27)28/h2-7,10-12H,8-9H2,1H3,(H,30,33)(H,31,32). The topological polar surface area (TPSA) is 79.3 Å². The van der Waals surface area contributed by atoms with E-state index < -0.39 is 34.8 Å². The molecule has 3 aromatic rings. The molecule has 0 atom stereocenters. The molecule has 1 saturated carbocycles. The van der Waals surface area contributed by atoms with Gasteiger partial charge >= 0.3 is 12.1 Å². The van der Waals surface area contributed by atoms with Gasteiger partial charge in [0.05, 0.1) is 22.2 Å². The molecule has 2 N–H and O–H groups in total. The lowest BCUT2D eigenvalue weighted by Crippen LogP contribution is -2.29. The number of hydrogen-bond acceptors (Lipinski definition) is 3. The van der Waals surface area contributed by atoms with Crippen molar-refractivity contribution in [2.45, 2.75) is 31.4 Å². The molecule has 33 heavy (non-hydrogen) atoms. The van der Waals surface area contributed by atoms with Crippen molar-refractivity contribution in [2.75, 3.05) is 5.32 Å². The lowest BCUT2D eigenvalue weighted by molar-refractivity contribution is -0.137. The molecule has 1 aromatic heterocycles. The van der Waals surface area contributed by atoms with Crippen molar-refractivity contribution in [1.29, 1.82) is 0 Å². The van der Waals surface area contributed by atoms with Crippen LogP contribution in [-0.4, -0.2) is 22.0 Å². The Kier molecular flexibility index (Phi) is 5.43. The summed E-state index contributed by atoms with van der Waals surface area (Å²) in [4.78, 5) is 29.0. The molecule has 2 aromatic carbocycles. The minimum atomic E-state index is -4.69. The zero-order chi connectivity index (χ0) is 24.0. The third-order valence-corrected chi connectivity index (χ3v) is 5.69. The highest BCUT2D eigenvalue weighted by molar-refractivity contribution is 6.03. The Balaban J connectivity index is 1.62. The Hall–Kier alpha value is -3.75. The molecule has 1 aliphatic rings. The summed E-state index contributed by atoms with van der Waals surface area (Å²) in [6.07, 6.45) is -2.57. The number of hydrogen-bond donors (Lipinski definition) is 2. The monoisotopic (exact) mass is 458 g/mol. The van der Waals surface area contributed by atoms with E-state index in [1.54, 1.807) is 18.3 Å². The molecule has 1 aliphatic carbocycles. The number of carboxylic acid groups (broad SMARTS) is 1. The number of alkyl halides is 3. The number of nitrogens with one attached hydrogen (secondary N) is 1. The average Bonchev–Trinajstić information content (AvgIpc) is 3.55. The SMILES string of the molecule is Cc1ccc(-c2ccc(NC(=O)C3(c4ccc(C(F)(F)F)cc4F)CC3)cc2C(=O)O)nc1. The average molecular weight is 458 g/mol. The van der Waals surface area contributed by atoms with Crippen LogP contribution < -0.4 is 5.32 Å². The Morgan fingerprint density at radius 1 is 1.06 bits per heavy atom. The molecule has 0 radical (unpaired) electrons. The number of halogens is 4. The second kappa shape index (κ2) is 7.99. The van der Waals surface area contributed by atoms with Gasteiger partial charge in [0.15, 0.2) is 0 Å². The van der Waals surface area contributed by atoms with E-state index in [2.05, 4.69) is 10.3 Å². The number of carbonyl (C=O) groups excluding carboxylic acids is 1. The van der Waals surface area contributed by atoms with E-state index in [1.807, 2.05) is 6.92 Å². The molecule has 4 rings (SSSR count). The van der Waals surface area contributed by atoms with Crippen LogP contribution in [0.5, 0.6) is 0 Å². The normalized spacial score (nSPS) is 14.6. The van der Waals surface area contributed by atoms with Gasteiger partial charge < -0.3 is 10.4 Å². The van der Waals surface area contributed by atoms with Crippen molar-refractivity contribution in [3.8, 4) is 11.3 Å². The molecule has 0 spiro atoms. The molecule has 9 heteroatoms. The molecular formula is C24H18F4N2O3. The summed E-state index contributed by atoms with van der Waals surface area (Å²) < 4.78 is 53.0. The minimum absolute atomic E-state index is 0.0882. The first kappa shape index (κ1) is 22.4. The molecule has 5 nitrogen and oxygen atoms in total. The third kappa shape index (κ3) is 4.30. The van der Waals surface area contributed by atoms with E-state index in [1.165, 1.54) is 18.2 Å². The Bertz CT molecular complexity index is 1250. The molecule has 0 saturated heterocycles. The Morgan fingerprint density at radius 2 is 1.79 bits per heavy atom. The molecule has 170 valence electrons. The molecule has 1 heterocycles. The van der Waals surface area contributed by atoms with Crippen LogP contribution in [0.25, 0.3) is 11.3 Å². The highest BCUT2D eigenvalue weighted by atomic mass is 19.4. The van der Waals surface area contributed by atoms with Crippen LogP contribution in [0, 0.1) is 12.7 Å². The zero-order valence-corrected chi connectivity index (χ0v) is 17.3. The predicted octanol–water partition coefficient (Wildman–Crippen LogP) is 5.58. The first-order valence-electron chi connectivity index (χ1n) is 10.0. The highest BCUT2D eigenvalue weighted by Crippen LogP contribution is 2.50. The minimum Gasteiger partial charge on any atom is -0.478 e. The van der Waals surface area contributed by atoms with Crippen molar-refractivity contribution in [3.05, 3.63) is 82.8 Å². The van der Waals surface area contributed by atoms with E-state index >= 15 is 0 Å². The number of benzene rings is 2. The van der Waals surface area contributed by atoms with Crippen molar-refractivity contribution in [2.24, 2.45) is 0 Å². The summed E-state index contributed by atoms with van der Waals surface area (Å²) in [7, 11) is 0. The zero-order valence-electron chi connectivity index (χ0n) is 17.3. The molecular weight excluding hydrogens is 440 g/mol. The van der Waals surface area contributed by atoms with Crippen LogP contribution in [0.15, 0.2) is 54.7 Å². The first-order valence-corrected chi connectivity index (χ1v) is 10.0. The summed E-state index contributed by atoms with van der Waals surface area (Å²) in [6, 6.07) is 9.87. The maximum atomic E-state index is 14.5. The molecule has 1 fully saturated rings. The Labute approximate surface area is 186 Å². The van der Waals surface area contributed by atoms with E-state index in [9.17, 15) is 32.3 Å². The van der Waals surface area contributed by atoms with Crippen molar-refractivity contribution in [1.82, 2.24) is 4.98 Å². The molecule has 1 amide bonds. The van der Waals surface area contributed by atoms with Gasteiger partial charge in [0.2, 0.25) is 5.91 Å². The van der Waals surface area contributed by atoms with Crippen LogP contribution >= 0.6 is 0 Å². The quantitative estimate of drug-likeness (QED) is 0.489. The second-order valence-corrected chi connectivity index (χ2v) is 8.01. The summed E-state index contributed by atoms with van der Waals surface area (Å²) in [5.74, 6) is -2.94. The van der Waals surface area contributed by atoms with E-state index in [0.29, 0.717) is 17.3 Å². The Morgan fingerprint density at radius 3 is 2.33 bits per heavy atom.